The van der Waals surface area contributed by atoms with E-state index in [0.29, 0.717) is 18.6 Å². The van der Waals surface area contributed by atoms with Crippen molar-refractivity contribution in [2.75, 3.05) is 17.8 Å². The predicted molar refractivity (Wildman–Crippen MR) is 93.5 cm³/mol. The summed E-state index contributed by atoms with van der Waals surface area (Å²) >= 11 is 0. The van der Waals surface area contributed by atoms with Crippen molar-refractivity contribution in [2.24, 2.45) is 5.10 Å². The average Bonchev–Trinajstić information content (AvgIpc) is 2.59. The summed E-state index contributed by atoms with van der Waals surface area (Å²) in [6, 6.07) is 3.06. The highest BCUT2D eigenvalue weighted by atomic mass is 32.2. The van der Waals surface area contributed by atoms with Crippen LogP contribution in [0.2, 0.25) is 0 Å². The number of nitrogens with zero attached hydrogens (tertiary/aromatic N) is 3. The normalized spacial score (nSPS) is 21.2. The third-order valence-corrected chi connectivity index (χ3v) is 5.23. The average molecular weight is 384 g/mol. The number of ether oxygens (including phenoxy) is 1. The van der Waals surface area contributed by atoms with E-state index >= 15 is 0 Å². The molecular formula is C14H16N4O7S. The summed E-state index contributed by atoms with van der Waals surface area (Å²) in [5.74, 6) is -0.329. The van der Waals surface area contributed by atoms with Gasteiger partial charge in [-0.25, -0.2) is 0 Å². The molecule has 11 nitrogen and oxygen atoms in total. The molecule has 0 aromatic heterocycles. The third kappa shape index (κ3) is 4.39. The molecular weight excluding hydrogens is 368 g/mol. The number of nitrogens with one attached hydrogen (secondary N) is 1. The van der Waals surface area contributed by atoms with Crippen LogP contribution in [0.1, 0.15) is 19.8 Å². The smallest absolute Gasteiger partial charge is 0.327 e. The molecule has 1 saturated heterocycles. The number of hydrazone groups is 1. The van der Waals surface area contributed by atoms with Gasteiger partial charge in [0, 0.05) is 22.6 Å². The maximum absolute atomic E-state index is 12.1. The van der Waals surface area contributed by atoms with Gasteiger partial charge in [0.1, 0.15) is 5.69 Å². The Labute approximate surface area is 150 Å². The predicted octanol–water partition coefficient (Wildman–Crippen LogP) is 1.75. The van der Waals surface area contributed by atoms with Gasteiger partial charge in [0.2, 0.25) is 0 Å². The zero-order valence-electron chi connectivity index (χ0n) is 13.7. The lowest BCUT2D eigenvalue weighted by molar-refractivity contribution is -0.393. The van der Waals surface area contributed by atoms with Crippen LogP contribution in [0, 0.1) is 20.2 Å². The number of esters is 1. The molecule has 2 unspecified atom stereocenters. The number of hydrogen-bond donors (Lipinski definition) is 1. The zero-order valence-corrected chi connectivity index (χ0v) is 14.6. The molecule has 0 spiro atoms. The molecule has 140 valence electrons. The fraction of sp³-hybridized carbons (Fsp3) is 0.429. The summed E-state index contributed by atoms with van der Waals surface area (Å²) in [7, 11) is -1.49. The molecule has 1 aliphatic heterocycles. The first kappa shape index (κ1) is 19.4. The van der Waals surface area contributed by atoms with Crippen LogP contribution in [-0.4, -0.2) is 43.3 Å². The molecule has 1 aliphatic rings. The molecule has 0 radical (unpaired) electrons. The molecule has 1 aromatic carbocycles. The fourth-order valence-electron chi connectivity index (χ4n) is 2.38. The third-order valence-electron chi connectivity index (χ3n) is 3.55. The van der Waals surface area contributed by atoms with Crippen LogP contribution >= 0.6 is 0 Å². The van der Waals surface area contributed by atoms with E-state index in [-0.39, 0.29) is 18.0 Å². The Balaban J connectivity index is 2.31. The summed E-state index contributed by atoms with van der Waals surface area (Å²) in [4.78, 5) is 32.4. The number of nitro benzene ring substituents is 2. The highest BCUT2D eigenvalue weighted by Gasteiger charge is 2.35. The molecule has 26 heavy (non-hydrogen) atoms. The Morgan fingerprint density at radius 1 is 1.38 bits per heavy atom. The van der Waals surface area contributed by atoms with E-state index in [1.165, 1.54) is 0 Å². The second-order valence-corrected chi connectivity index (χ2v) is 6.89. The van der Waals surface area contributed by atoms with Crippen molar-refractivity contribution in [3.8, 4) is 0 Å². The van der Waals surface area contributed by atoms with Gasteiger partial charge in [0.05, 0.1) is 28.2 Å². The van der Waals surface area contributed by atoms with Crippen LogP contribution < -0.4 is 5.43 Å². The first-order valence-electron chi connectivity index (χ1n) is 7.64. The van der Waals surface area contributed by atoms with E-state index in [9.17, 15) is 29.2 Å². The van der Waals surface area contributed by atoms with Crippen molar-refractivity contribution in [3.63, 3.8) is 0 Å². The molecule has 0 saturated carbocycles. The van der Waals surface area contributed by atoms with Crippen LogP contribution in [0.15, 0.2) is 23.3 Å². The highest BCUT2D eigenvalue weighted by Crippen LogP contribution is 2.29. The van der Waals surface area contributed by atoms with Gasteiger partial charge in [0.15, 0.2) is 5.25 Å². The van der Waals surface area contributed by atoms with E-state index < -0.39 is 43.2 Å². The van der Waals surface area contributed by atoms with E-state index in [4.69, 9.17) is 4.74 Å². The molecule has 0 bridgehead atoms. The van der Waals surface area contributed by atoms with Gasteiger partial charge in [-0.1, -0.05) is 0 Å². The molecule has 12 heteroatoms. The maximum Gasteiger partial charge on any atom is 0.327 e. The largest absolute Gasteiger partial charge is 0.465 e. The molecule has 2 atom stereocenters. The van der Waals surface area contributed by atoms with Gasteiger partial charge in [0.25, 0.3) is 5.69 Å². The second kappa shape index (κ2) is 8.47. The topological polar surface area (TPSA) is 154 Å². The number of nitro groups is 2. The van der Waals surface area contributed by atoms with Gasteiger partial charge in [-0.3, -0.25) is 34.7 Å². The van der Waals surface area contributed by atoms with Crippen molar-refractivity contribution >= 4 is 39.5 Å². The number of carbonyl (C=O) groups excluding carboxylic acids is 1. The number of benzene rings is 1. The van der Waals surface area contributed by atoms with Crippen LogP contribution in [-0.2, 0) is 20.3 Å². The number of hydrogen-bond acceptors (Lipinski definition) is 9. The molecule has 2 rings (SSSR count). The van der Waals surface area contributed by atoms with Crippen molar-refractivity contribution in [3.05, 3.63) is 38.4 Å². The Bertz CT molecular complexity index is 796. The SMILES string of the molecule is CCOC(=O)C1/C(=N/Nc2ccc([N+](=O)[O-])cc2[N+](=O)[O-])CCCS1=O. The Morgan fingerprint density at radius 3 is 2.73 bits per heavy atom. The molecule has 0 amide bonds. The molecule has 1 aromatic rings. The Hall–Kier alpha value is -2.89. The highest BCUT2D eigenvalue weighted by molar-refractivity contribution is 7.87. The van der Waals surface area contributed by atoms with Gasteiger partial charge < -0.3 is 4.74 Å². The first-order valence-corrected chi connectivity index (χ1v) is 9.02. The lowest BCUT2D eigenvalue weighted by atomic mass is 10.1. The maximum atomic E-state index is 12.1. The zero-order chi connectivity index (χ0) is 19.3. The number of carbonyl (C=O) groups is 1. The first-order chi connectivity index (χ1) is 12.3. The Kier molecular flexibility index (Phi) is 6.33. The van der Waals surface area contributed by atoms with E-state index in [2.05, 4.69) is 10.5 Å². The van der Waals surface area contributed by atoms with Crippen LogP contribution in [0.4, 0.5) is 17.1 Å². The molecule has 1 heterocycles. The van der Waals surface area contributed by atoms with Crippen LogP contribution in [0.25, 0.3) is 0 Å². The Morgan fingerprint density at radius 2 is 2.12 bits per heavy atom. The minimum Gasteiger partial charge on any atom is -0.465 e. The van der Waals surface area contributed by atoms with Crippen LogP contribution in [0.5, 0.6) is 0 Å². The molecule has 0 aliphatic carbocycles. The van der Waals surface area contributed by atoms with Crippen molar-refractivity contribution in [2.45, 2.75) is 25.0 Å². The summed E-state index contributed by atoms with van der Waals surface area (Å²) < 4.78 is 17.1. The van der Waals surface area contributed by atoms with E-state index in [1.807, 2.05) is 0 Å². The number of anilines is 1. The number of rotatable bonds is 6. The minimum absolute atomic E-state index is 0.0768. The summed E-state index contributed by atoms with van der Waals surface area (Å²) in [6.45, 7) is 1.75. The van der Waals surface area contributed by atoms with Gasteiger partial charge in [-0.15, -0.1) is 0 Å². The van der Waals surface area contributed by atoms with Gasteiger partial charge >= 0.3 is 11.7 Å². The summed E-state index contributed by atoms with van der Waals surface area (Å²) in [6.07, 6.45) is 0.925. The van der Waals surface area contributed by atoms with Crippen molar-refractivity contribution in [1.82, 2.24) is 0 Å². The van der Waals surface area contributed by atoms with Crippen molar-refractivity contribution in [1.29, 1.82) is 0 Å². The number of non-ortho nitro benzene ring substituents is 1. The molecule has 1 fully saturated rings. The molecule has 1 N–H and O–H groups in total. The van der Waals surface area contributed by atoms with Crippen LogP contribution in [0.3, 0.4) is 0 Å². The fourth-order valence-corrected chi connectivity index (χ4v) is 3.80. The van der Waals surface area contributed by atoms with E-state index in [1.54, 1.807) is 6.92 Å². The summed E-state index contributed by atoms with van der Waals surface area (Å²) in [5, 5.41) is 24.9. The minimum atomic E-state index is -1.49. The van der Waals surface area contributed by atoms with Gasteiger partial charge in [-0.05, 0) is 25.8 Å². The standard InChI is InChI=1S/C14H16N4O7S/c1-2-25-14(19)13-11(4-3-7-26(13)24)16-15-10-6-5-9(17(20)21)8-12(10)18(22)23/h5-6,8,13,15H,2-4,7H2,1H3/b16-11+. The van der Waals surface area contributed by atoms with Gasteiger partial charge in [-0.2, -0.15) is 5.10 Å². The van der Waals surface area contributed by atoms with E-state index in [0.717, 1.165) is 18.2 Å². The quantitative estimate of drug-likeness (QED) is 0.442. The lowest BCUT2D eigenvalue weighted by Crippen LogP contribution is -2.40. The second-order valence-electron chi connectivity index (χ2n) is 5.25. The summed E-state index contributed by atoms with van der Waals surface area (Å²) in [5.41, 5.74) is 1.68. The van der Waals surface area contributed by atoms with Crippen molar-refractivity contribution < 1.29 is 23.6 Å². The lowest BCUT2D eigenvalue weighted by Gasteiger charge is -2.21. The monoisotopic (exact) mass is 384 g/mol.